The molecule has 1 saturated carbocycles. The molecule has 3 heteroatoms. The summed E-state index contributed by atoms with van der Waals surface area (Å²) in [5.41, 5.74) is 1.53. The van der Waals surface area contributed by atoms with Crippen LogP contribution in [0.4, 0.5) is 5.69 Å². The molecule has 1 atom stereocenters. The molecule has 0 bridgehead atoms. The van der Waals surface area contributed by atoms with Crippen molar-refractivity contribution in [2.24, 2.45) is 5.41 Å². The molecule has 0 radical (unpaired) electrons. The minimum Gasteiger partial charge on any atom is -0.382 e. The van der Waals surface area contributed by atoms with Gasteiger partial charge in [-0.3, -0.25) is 0 Å². The molecule has 1 aromatic rings. The lowest BCUT2D eigenvalue weighted by Crippen LogP contribution is -2.17. The molecule has 0 amide bonds. The van der Waals surface area contributed by atoms with E-state index in [0.29, 0.717) is 21.5 Å². The van der Waals surface area contributed by atoms with Crippen LogP contribution in [0.5, 0.6) is 0 Å². The van der Waals surface area contributed by atoms with Crippen molar-refractivity contribution in [2.45, 2.75) is 39.2 Å². The molecule has 0 spiro atoms. The van der Waals surface area contributed by atoms with E-state index in [1.807, 2.05) is 18.2 Å². The summed E-state index contributed by atoms with van der Waals surface area (Å²) in [6, 6.07) is 6.29. The third-order valence-electron chi connectivity index (χ3n) is 3.26. The Labute approximate surface area is 107 Å². The summed E-state index contributed by atoms with van der Waals surface area (Å²) in [6.07, 6.45) is 3.73. The van der Waals surface area contributed by atoms with Gasteiger partial charge in [-0.1, -0.05) is 37.0 Å². The first-order chi connectivity index (χ1) is 7.46. The normalized spacial score (nSPS) is 23.4. The molecule has 1 aliphatic rings. The maximum Gasteiger partial charge on any atom is 0.0612 e. The van der Waals surface area contributed by atoms with Crippen LogP contribution in [0.3, 0.4) is 0 Å². The number of rotatable bonds is 2. The second-order valence-electron chi connectivity index (χ2n) is 5.38. The van der Waals surface area contributed by atoms with Crippen molar-refractivity contribution in [1.29, 1.82) is 0 Å². The molecular formula is C13H17Cl2N. The molecule has 16 heavy (non-hydrogen) atoms. The number of anilines is 1. The zero-order valence-electron chi connectivity index (χ0n) is 9.69. The van der Waals surface area contributed by atoms with Crippen LogP contribution in [0.15, 0.2) is 18.2 Å². The van der Waals surface area contributed by atoms with Gasteiger partial charge in [0.05, 0.1) is 10.0 Å². The average molecular weight is 258 g/mol. The molecule has 0 aromatic heterocycles. The molecular weight excluding hydrogens is 241 g/mol. The molecule has 1 fully saturated rings. The highest BCUT2D eigenvalue weighted by Gasteiger charge is 2.30. The van der Waals surface area contributed by atoms with Crippen LogP contribution in [0.25, 0.3) is 0 Å². The highest BCUT2D eigenvalue weighted by Crippen LogP contribution is 2.38. The number of hydrogen-bond acceptors (Lipinski definition) is 1. The Hall–Kier alpha value is -0.400. The standard InChI is InChI=1S/C13H17Cl2N/c1-13(2)6-5-10(8-13)16-9-3-4-11(14)12(15)7-9/h3-4,7,10,16H,5-6,8H2,1-2H3. The second-order valence-corrected chi connectivity index (χ2v) is 6.19. The predicted octanol–water partition coefficient (Wildman–Crippen LogP) is 4.98. The van der Waals surface area contributed by atoms with Crippen molar-refractivity contribution in [2.75, 3.05) is 5.32 Å². The van der Waals surface area contributed by atoms with Gasteiger partial charge in [0.1, 0.15) is 0 Å². The van der Waals surface area contributed by atoms with Gasteiger partial charge in [0, 0.05) is 11.7 Å². The summed E-state index contributed by atoms with van der Waals surface area (Å²) in [5.74, 6) is 0. The van der Waals surface area contributed by atoms with E-state index in [0.717, 1.165) is 5.69 Å². The van der Waals surface area contributed by atoms with E-state index in [1.165, 1.54) is 19.3 Å². The first-order valence-corrected chi connectivity index (χ1v) is 6.43. The van der Waals surface area contributed by atoms with E-state index in [2.05, 4.69) is 19.2 Å². The molecule has 0 aliphatic heterocycles. The lowest BCUT2D eigenvalue weighted by molar-refractivity contribution is 0.378. The summed E-state index contributed by atoms with van der Waals surface area (Å²) in [5, 5.41) is 4.75. The Morgan fingerprint density at radius 3 is 2.56 bits per heavy atom. The van der Waals surface area contributed by atoms with Crippen LogP contribution in [0, 0.1) is 5.41 Å². The number of nitrogens with one attached hydrogen (secondary N) is 1. The van der Waals surface area contributed by atoms with Gasteiger partial charge in [-0.15, -0.1) is 0 Å². The smallest absolute Gasteiger partial charge is 0.0612 e. The third kappa shape index (κ3) is 2.83. The predicted molar refractivity (Wildman–Crippen MR) is 71.5 cm³/mol. The average Bonchev–Trinajstić information content (AvgIpc) is 2.52. The van der Waals surface area contributed by atoms with E-state index in [-0.39, 0.29) is 0 Å². The molecule has 1 nitrogen and oxygen atoms in total. The highest BCUT2D eigenvalue weighted by molar-refractivity contribution is 6.42. The summed E-state index contributed by atoms with van der Waals surface area (Å²) < 4.78 is 0. The molecule has 0 saturated heterocycles. The van der Waals surface area contributed by atoms with Crippen LogP contribution in [-0.2, 0) is 0 Å². The van der Waals surface area contributed by atoms with Crippen molar-refractivity contribution in [3.8, 4) is 0 Å². The lowest BCUT2D eigenvalue weighted by Gasteiger charge is -2.18. The highest BCUT2D eigenvalue weighted by atomic mass is 35.5. The van der Waals surface area contributed by atoms with Crippen LogP contribution in [0.2, 0.25) is 10.0 Å². The van der Waals surface area contributed by atoms with E-state index in [9.17, 15) is 0 Å². The Balaban J connectivity index is 2.02. The van der Waals surface area contributed by atoms with Gasteiger partial charge >= 0.3 is 0 Å². The van der Waals surface area contributed by atoms with Gasteiger partial charge in [-0.25, -0.2) is 0 Å². The van der Waals surface area contributed by atoms with Gasteiger partial charge in [-0.2, -0.15) is 0 Å². The van der Waals surface area contributed by atoms with Gasteiger partial charge < -0.3 is 5.32 Å². The third-order valence-corrected chi connectivity index (χ3v) is 4.00. The molecule has 88 valence electrons. The zero-order valence-corrected chi connectivity index (χ0v) is 11.2. The fraction of sp³-hybridized carbons (Fsp3) is 0.538. The first-order valence-electron chi connectivity index (χ1n) is 5.68. The van der Waals surface area contributed by atoms with Crippen molar-refractivity contribution < 1.29 is 0 Å². The fourth-order valence-electron chi connectivity index (χ4n) is 2.38. The summed E-state index contributed by atoms with van der Waals surface area (Å²) >= 11 is 11.9. The minimum absolute atomic E-state index is 0.466. The van der Waals surface area contributed by atoms with Crippen molar-refractivity contribution in [3.05, 3.63) is 28.2 Å². The monoisotopic (exact) mass is 257 g/mol. The summed E-state index contributed by atoms with van der Waals surface area (Å²) in [7, 11) is 0. The lowest BCUT2D eigenvalue weighted by atomic mass is 9.92. The largest absolute Gasteiger partial charge is 0.382 e. The van der Waals surface area contributed by atoms with Crippen LogP contribution in [0.1, 0.15) is 33.1 Å². The maximum atomic E-state index is 5.98. The van der Waals surface area contributed by atoms with E-state index in [4.69, 9.17) is 23.2 Å². The molecule has 1 aromatic carbocycles. The number of halogens is 2. The zero-order chi connectivity index (χ0) is 11.8. The summed E-state index contributed by atoms with van der Waals surface area (Å²) in [4.78, 5) is 0. The minimum atomic E-state index is 0.466. The van der Waals surface area contributed by atoms with Crippen molar-refractivity contribution in [3.63, 3.8) is 0 Å². The van der Waals surface area contributed by atoms with Crippen LogP contribution in [-0.4, -0.2) is 6.04 Å². The maximum absolute atomic E-state index is 5.98. The molecule has 1 N–H and O–H groups in total. The molecule has 2 rings (SSSR count). The quantitative estimate of drug-likeness (QED) is 0.788. The van der Waals surface area contributed by atoms with Gasteiger partial charge in [0.25, 0.3) is 0 Å². The molecule has 0 heterocycles. The van der Waals surface area contributed by atoms with Crippen LogP contribution < -0.4 is 5.32 Å². The van der Waals surface area contributed by atoms with E-state index >= 15 is 0 Å². The van der Waals surface area contributed by atoms with E-state index in [1.54, 1.807) is 0 Å². The van der Waals surface area contributed by atoms with Crippen LogP contribution >= 0.6 is 23.2 Å². The second kappa shape index (κ2) is 4.46. The first kappa shape index (κ1) is 12.1. The van der Waals surface area contributed by atoms with Crippen molar-refractivity contribution in [1.82, 2.24) is 0 Å². The Kier molecular flexibility index (Phi) is 3.37. The van der Waals surface area contributed by atoms with Crippen molar-refractivity contribution >= 4 is 28.9 Å². The van der Waals surface area contributed by atoms with Gasteiger partial charge in [0.15, 0.2) is 0 Å². The number of hydrogen-bond donors (Lipinski definition) is 1. The van der Waals surface area contributed by atoms with Gasteiger partial charge in [-0.05, 0) is 42.9 Å². The fourth-order valence-corrected chi connectivity index (χ4v) is 2.68. The Morgan fingerprint density at radius 2 is 2.00 bits per heavy atom. The Bertz CT molecular complexity index is 388. The Morgan fingerprint density at radius 1 is 1.25 bits per heavy atom. The number of benzene rings is 1. The van der Waals surface area contributed by atoms with E-state index < -0.39 is 0 Å². The molecule has 1 aliphatic carbocycles. The molecule has 1 unspecified atom stereocenters. The van der Waals surface area contributed by atoms with Gasteiger partial charge in [0.2, 0.25) is 0 Å². The topological polar surface area (TPSA) is 12.0 Å². The SMILES string of the molecule is CC1(C)CCC(Nc2ccc(Cl)c(Cl)c2)C1. The summed E-state index contributed by atoms with van der Waals surface area (Å²) in [6.45, 7) is 4.65.